The average molecular weight is 287 g/mol. The molecule has 0 saturated carbocycles. The van der Waals surface area contributed by atoms with Crippen LogP contribution >= 0.6 is 28.2 Å². The first-order chi connectivity index (χ1) is 1.41. The van der Waals surface area contributed by atoms with Gasteiger partial charge in [0.1, 0.15) is 0 Å². The second kappa shape index (κ2) is 54.3. The molecule has 0 amide bonds. The van der Waals surface area contributed by atoms with Gasteiger partial charge in [-0.15, -0.1) is 0 Å². The Morgan fingerprint density at radius 3 is 0.714 bits per heavy atom. The maximum atomic E-state index is 3.09. The van der Waals surface area contributed by atoms with Crippen LogP contribution in [-0.4, -0.2) is 21.9 Å². The van der Waals surface area contributed by atoms with Crippen molar-refractivity contribution in [2.75, 3.05) is 0 Å². The van der Waals surface area contributed by atoms with E-state index in [2.05, 4.69) is 28.2 Å². The van der Waals surface area contributed by atoms with Crippen molar-refractivity contribution < 1.29 is 33.2 Å². The molecule has 0 unspecified atom stereocenters. The Balaban J connectivity index is -0.00000000333. The van der Waals surface area contributed by atoms with Crippen LogP contribution in [0.25, 0.3) is 0 Å². The van der Waals surface area contributed by atoms with E-state index in [-0.39, 0.29) is 21.9 Å². The predicted octanol–water partition coefficient (Wildman–Crippen LogP) is -1.61. The first-order valence-electron chi connectivity index (χ1n) is 0.286. The Morgan fingerprint density at radius 1 is 0.714 bits per heavy atom. The zero-order valence-electron chi connectivity index (χ0n) is 3.13. The zero-order valence-corrected chi connectivity index (χ0v) is 7.49. The third kappa shape index (κ3) is 119. The number of rotatable bonds is 0. The summed E-state index contributed by atoms with van der Waals surface area (Å²) in [5.74, 6) is 0. The fourth-order valence-corrected chi connectivity index (χ4v) is 0. The van der Waals surface area contributed by atoms with E-state index in [0.717, 1.165) is 0 Å². The van der Waals surface area contributed by atoms with Crippen molar-refractivity contribution in [1.82, 2.24) is 0 Å². The maximum absolute atomic E-state index is 3.09. The van der Waals surface area contributed by atoms with Crippen LogP contribution in [0.4, 0.5) is 0 Å². The SMILES string of the molecule is O.O.O.O.[Br][Mn][Br]. The first kappa shape index (κ1) is 40.4. The van der Waals surface area contributed by atoms with Crippen molar-refractivity contribution in [3.63, 3.8) is 0 Å². The minimum atomic E-state index is 0. The van der Waals surface area contributed by atoms with Gasteiger partial charge in [0.2, 0.25) is 0 Å². The molecule has 0 aromatic rings. The van der Waals surface area contributed by atoms with E-state index < -0.39 is 0 Å². The van der Waals surface area contributed by atoms with E-state index in [0.29, 0.717) is 11.3 Å². The van der Waals surface area contributed by atoms with Crippen molar-refractivity contribution in [2.45, 2.75) is 0 Å². The fraction of sp³-hybridized carbons (Fsp3) is 0. The summed E-state index contributed by atoms with van der Waals surface area (Å²) in [6.45, 7) is 0. The van der Waals surface area contributed by atoms with Crippen LogP contribution < -0.4 is 0 Å². The normalized spacial score (nSPS) is 2.57. The average Bonchev–Trinajstić information content (AvgIpc) is 0.918. The van der Waals surface area contributed by atoms with Crippen molar-refractivity contribution in [3.05, 3.63) is 0 Å². The van der Waals surface area contributed by atoms with Crippen molar-refractivity contribution >= 4 is 28.2 Å². The van der Waals surface area contributed by atoms with Gasteiger partial charge in [0.25, 0.3) is 0 Å². The second-order valence-corrected chi connectivity index (χ2v) is 6.01. The molecule has 0 aromatic carbocycles. The van der Waals surface area contributed by atoms with Gasteiger partial charge in [0.05, 0.1) is 0 Å². The summed E-state index contributed by atoms with van der Waals surface area (Å²) in [7, 11) is 0. The van der Waals surface area contributed by atoms with Gasteiger partial charge in [-0.2, -0.15) is 0 Å². The predicted molar refractivity (Wildman–Crippen MR) is 32.3 cm³/mol. The van der Waals surface area contributed by atoms with E-state index in [4.69, 9.17) is 0 Å². The standard InChI is InChI=1S/2BrH.Mn.4H2O/h2*1H;;4*1H2/q;;+2;;;;/p-2. The Morgan fingerprint density at radius 2 is 0.714 bits per heavy atom. The van der Waals surface area contributed by atoms with Gasteiger partial charge in [-0.1, -0.05) is 0 Å². The molecule has 7 heavy (non-hydrogen) atoms. The number of hydrogen-bond acceptors (Lipinski definition) is 0. The molecule has 0 heterocycles. The number of hydrogen-bond donors (Lipinski definition) is 0. The third-order valence-electron chi connectivity index (χ3n) is 0. The van der Waals surface area contributed by atoms with Gasteiger partial charge in [0, 0.05) is 0 Å². The van der Waals surface area contributed by atoms with Gasteiger partial charge in [-0.3, -0.25) is 0 Å². The van der Waals surface area contributed by atoms with E-state index in [1.54, 1.807) is 0 Å². The molecular formula is H8Br2MnO4. The van der Waals surface area contributed by atoms with Gasteiger partial charge < -0.3 is 21.9 Å². The topological polar surface area (TPSA) is 126 Å². The Kier molecular flexibility index (Phi) is 314. The first-order valence-corrected chi connectivity index (χ1v) is 6.12. The van der Waals surface area contributed by atoms with Gasteiger partial charge >= 0.3 is 39.6 Å². The third-order valence-corrected chi connectivity index (χ3v) is 0. The molecule has 8 N–H and O–H groups in total. The molecule has 53 valence electrons. The van der Waals surface area contributed by atoms with Crippen molar-refractivity contribution in [2.24, 2.45) is 0 Å². The molecular weight excluding hydrogens is 279 g/mol. The Labute approximate surface area is 61.4 Å². The van der Waals surface area contributed by atoms with Gasteiger partial charge in [-0.25, -0.2) is 0 Å². The molecule has 7 heteroatoms. The van der Waals surface area contributed by atoms with Crippen LogP contribution in [0.2, 0.25) is 0 Å². The van der Waals surface area contributed by atoms with Gasteiger partial charge in [-0.05, 0) is 0 Å². The van der Waals surface area contributed by atoms with Crippen LogP contribution in [0.3, 0.4) is 0 Å². The monoisotopic (exact) mass is 285 g/mol. The molecule has 0 saturated heterocycles. The Bertz CT molecular complexity index is 9.65. The number of halogens is 2. The van der Waals surface area contributed by atoms with E-state index in [1.807, 2.05) is 0 Å². The summed E-state index contributed by atoms with van der Waals surface area (Å²) in [6.07, 6.45) is 0. The van der Waals surface area contributed by atoms with Crippen molar-refractivity contribution in [1.29, 1.82) is 0 Å². The minimum absolute atomic E-state index is 0. The molecule has 0 aliphatic carbocycles. The summed E-state index contributed by atoms with van der Waals surface area (Å²) in [4.78, 5) is 0. The van der Waals surface area contributed by atoms with E-state index in [9.17, 15) is 0 Å². The molecule has 0 fully saturated rings. The second-order valence-electron chi connectivity index (χ2n) is 0.0540. The summed E-state index contributed by atoms with van der Waals surface area (Å²) in [5.41, 5.74) is 0. The molecule has 0 aliphatic rings. The van der Waals surface area contributed by atoms with Crippen LogP contribution in [0.15, 0.2) is 0 Å². The molecule has 0 radical (unpaired) electrons. The van der Waals surface area contributed by atoms with Gasteiger partial charge in [0.15, 0.2) is 0 Å². The molecule has 0 atom stereocenters. The molecule has 0 rings (SSSR count). The molecule has 0 aliphatic heterocycles. The van der Waals surface area contributed by atoms with Crippen LogP contribution in [0, 0.1) is 0 Å². The van der Waals surface area contributed by atoms with Crippen LogP contribution in [0.5, 0.6) is 0 Å². The zero-order chi connectivity index (χ0) is 2.71. The summed E-state index contributed by atoms with van der Waals surface area (Å²) >= 11 is 6.88. The van der Waals surface area contributed by atoms with E-state index >= 15 is 0 Å². The summed E-state index contributed by atoms with van der Waals surface area (Å²) < 4.78 is 0. The molecule has 0 spiro atoms. The summed E-state index contributed by atoms with van der Waals surface area (Å²) in [6, 6.07) is 0. The quantitative estimate of drug-likeness (QED) is 0.475. The Hall–Kier alpha value is 1.32. The van der Waals surface area contributed by atoms with Crippen LogP contribution in [-0.2, 0) is 11.3 Å². The van der Waals surface area contributed by atoms with E-state index in [1.165, 1.54) is 0 Å². The van der Waals surface area contributed by atoms with Crippen LogP contribution in [0.1, 0.15) is 0 Å². The van der Waals surface area contributed by atoms with Crippen molar-refractivity contribution in [3.8, 4) is 0 Å². The summed E-state index contributed by atoms with van der Waals surface area (Å²) in [5, 5.41) is 0. The molecule has 0 aromatic heterocycles. The molecule has 4 nitrogen and oxygen atoms in total. The molecule has 0 bridgehead atoms. The fourth-order valence-electron chi connectivity index (χ4n) is 0.